The molecule has 1 N–H and O–H groups in total. The van der Waals surface area contributed by atoms with E-state index in [0.717, 1.165) is 49.2 Å². The largest absolute Gasteiger partial charge is 0.441 e. The first-order valence-corrected chi connectivity index (χ1v) is 10.5. The van der Waals surface area contributed by atoms with Crippen LogP contribution in [0.5, 0.6) is 0 Å². The quantitative estimate of drug-likeness (QED) is 0.623. The second kappa shape index (κ2) is 7.86. The molecule has 1 amide bonds. The molecule has 1 aliphatic carbocycles. The third-order valence-electron chi connectivity index (χ3n) is 6.20. The average Bonchev–Trinajstić information content (AvgIpc) is 3.39. The number of nitrogens with one attached hydrogen (secondary N) is 1. The normalized spacial score (nSPS) is 23.5. The van der Waals surface area contributed by atoms with E-state index in [-0.39, 0.29) is 11.7 Å². The smallest absolute Gasteiger partial charge is 0.415 e. The van der Waals surface area contributed by atoms with Crippen molar-refractivity contribution < 1.29 is 14.1 Å². The van der Waals surface area contributed by atoms with E-state index >= 15 is 0 Å². The van der Waals surface area contributed by atoms with Gasteiger partial charge in [0.15, 0.2) is 0 Å². The minimum Gasteiger partial charge on any atom is -0.441 e. The fourth-order valence-corrected chi connectivity index (χ4v) is 4.45. The molecule has 3 aromatic rings. The van der Waals surface area contributed by atoms with Crippen LogP contribution in [-0.4, -0.2) is 29.9 Å². The van der Waals surface area contributed by atoms with Crippen LogP contribution >= 0.6 is 0 Å². The van der Waals surface area contributed by atoms with Crippen LogP contribution < -0.4 is 10.2 Å². The third kappa shape index (κ3) is 3.77. The SMILES string of the molecule is O=C1OC2(CCC(CNc3cc(-c4ccccc4)no3)CC2)CN1c1ccccc1. The lowest BCUT2D eigenvalue weighted by Crippen LogP contribution is -2.39. The molecule has 0 unspecified atom stereocenters. The third-order valence-corrected chi connectivity index (χ3v) is 6.20. The number of carbonyl (C=O) groups excluding carboxylic acids is 1. The first-order chi connectivity index (χ1) is 14.7. The van der Waals surface area contributed by atoms with Crippen LogP contribution in [0.25, 0.3) is 11.3 Å². The monoisotopic (exact) mass is 403 g/mol. The van der Waals surface area contributed by atoms with Gasteiger partial charge in [-0.25, -0.2) is 4.79 Å². The summed E-state index contributed by atoms with van der Waals surface area (Å²) in [5, 5.41) is 7.53. The van der Waals surface area contributed by atoms with E-state index in [2.05, 4.69) is 10.5 Å². The molecule has 2 aliphatic rings. The van der Waals surface area contributed by atoms with Gasteiger partial charge in [-0.3, -0.25) is 4.90 Å². The zero-order chi connectivity index (χ0) is 20.4. The predicted molar refractivity (Wildman–Crippen MR) is 115 cm³/mol. The van der Waals surface area contributed by atoms with Gasteiger partial charge in [0.1, 0.15) is 11.3 Å². The molecule has 1 spiro atoms. The van der Waals surface area contributed by atoms with Gasteiger partial charge in [-0.05, 0) is 43.7 Å². The maximum atomic E-state index is 12.4. The summed E-state index contributed by atoms with van der Waals surface area (Å²) in [4.78, 5) is 14.2. The Hall–Kier alpha value is -3.28. The number of anilines is 2. The zero-order valence-electron chi connectivity index (χ0n) is 16.8. The van der Waals surface area contributed by atoms with Gasteiger partial charge >= 0.3 is 6.09 Å². The molecule has 6 nitrogen and oxygen atoms in total. The van der Waals surface area contributed by atoms with Crippen LogP contribution in [0.4, 0.5) is 16.4 Å². The number of carbonyl (C=O) groups is 1. The van der Waals surface area contributed by atoms with Crippen LogP contribution in [0.15, 0.2) is 71.3 Å². The van der Waals surface area contributed by atoms with Gasteiger partial charge < -0.3 is 14.6 Å². The molecule has 2 aromatic carbocycles. The van der Waals surface area contributed by atoms with E-state index in [0.29, 0.717) is 18.3 Å². The summed E-state index contributed by atoms with van der Waals surface area (Å²) in [6.45, 7) is 1.47. The van der Waals surface area contributed by atoms with Crippen LogP contribution in [0.1, 0.15) is 25.7 Å². The standard InChI is InChI=1S/C24H25N3O3/c28-23-27(20-9-5-2-6-10-20)17-24(29-23)13-11-18(12-14-24)16-25-22-15-21(26-30-22)19-7-3-1-4-8-19/h1-10,15,18,25H,11-14,16-17H2. The first-order valence-electron chi connectivity index (χ1n) is 10.5. The van der Waals surface area contributed by atoms with Crippen molar-refractivity contribution in [1.29, 1.82) is 0 Å². The summed E-state index contributed by atoms with van der Waals surface area (Å²) in [6, 6.07) is 21.7. The van der Waals surface area contributed by atoms with Crippen molar-refractivity contribution in [1.82, 2.24) is 5.16 Å². The van der Waals surface area contributed by atoms with E-state index in [9.17, 15) is 4.79 Å². The molecule has 30 heavy (non-hydrogen) atoms. The maximum Gasteiger partial charge on any atom is 0.415 e. The topological polar surface area (TPSA) is 67.6 Å². The summed E-state index contributed by atoms with van der Waals surface area (Å²) in [7, 11) is 0. The Labute approximate surface area is 175 Å². The van der Waals surface area contributed by atoms with Crippen molar-refractivity contribution in [3.8, 4) is 11.3 Å². The molecule has 2 fully saturated rings. The lowest BCUT2D eigenvalue weighted by Gasteiger charge is -2.35. The number of nitrogens with zero attached hydrogens (tertiary/aromatic N) is 2. The predicted octanol–water partition coefficient (Wildman–Crippen LogP) is 5.34. The number of hydrogen-bond donors (Lipinski definition) is 1. The van der Waals surface area contributed by atoms with E-state index in [4.69, 9.17) is 9.26 Å². The second-order valence-electron chi connectivity index (χ2n) is 8.24. The van der Waals surface area contributed by atoms with E-state index < -0.39 is 0 Å². The number of ether oxygens (including phenoxy) is 1. The van der Waals surface area contributed by atoms with Gasteiger partial charge in [-0.1, -0.05) is 53.7 Å². The van der Waals surface area contributed by atoms with E-state index in [1.807, 2.05) is 66.7 Å². The number of para-hydroxylation sites is 1. The highest BCUT2D eigenvalue weighted by atomic mass is 16.6. The summed E-state index contributed by atoms with van der Waals surface area (Å²) in [5.41, 5.74) is 2.43. The van der Waals surface area contributed by atoms with Crippen molar-refractivity contribution in [2.24, 2.45) is 5.92 Å². The van der Waals surface area contributed by atoms with E-state index in [1.165, 1.54) is 0 Å². The van der Waals surface area contributed by atoms with Gasteiger partial charge in [0, 0.05) is 23.9 Å². The Kier molecular flexibility index (Phi) is 4.91. The Morgan fingerprint density at radius 1 is 1.03 bits per heavy atom. The van der Waals surface area contributed by atoms with Crippen LogP contribution in [0, 0.1) is 5.92 Å². The van der Waals surface area contributed by atoms with Crippen molar-refractivity contribution in [2.45, 2.75) is 31.3 Å². The zero-order valence-corrected chi connectivity index (χ0v) is 16.8. The molecule has 0 atom stereocenters. The van der Waals surface area contributed by atoms with E-state index in [1.54, 1.807) is 4.90 Å². The van der Waals surface area contributed by atoms with Crippen LogP contribution in [0.2, 0.25) is 0 Å². The molecule has 1 saturated carbocycles. The molecule has 2 heterocycles. The number of hydrogen-bond acceptors (Lipinski definition) is 5. The molecule has 6 heteroatoms. The summed E-state index contributed by atoms with van der Waals surface area (Å²) in [5.74, 6) is 1.21. The van der Waals surface area contributed by atoms with Gasteiger partial charge in [0.05, 0.1) is 6.54 Å². The van der Waals surface area contributed by atoms with Crippen molar-refractivity contribution in [3.63, 3.8) is 0 Å². The highest BCUT2D eigenvalue weighted by molar-refractivity contribution is 5.90. The van der Waals surface area contributed by atoms with Crippen LogP contribution in [-0.2, 0) is 4.74 Å². The Balaban J connectivity index is 1.15. The number of amides is 1. The lowest BCUT2D eigenvalue weighted by molar-refractivity contribution is 0.0148. The van der Waals surface area contributed by atoms with Crippen LogP contribution in [0.3, 0.4) is 0 Å². The van der Waals surface area contributed by atoms with Crippen molar-refractivity contribution in [2.75, 3.05) is 23.3 Å². The number of rotatable bonds is 5. The van der Waals surface area contributed by atoms with Crippen molar-refractivity contribution >= 4 is 17.7 Å². The highest BCUT2D eigenvalue weighted by Crippen LogP contribution is 2.40. The minimum atomic E-state index is -0.351. The number of benzene rings is 2. The van der Waals surface area contributed by atoms with Gasteiger partial charge in [0.2, 0.25) is 5.88 Å². The Bertz CT molecular complexity index is 995. The van der Waals surface area contributed by atoms with Crippen molar-refractivity contribution in [3.05, 3.63) is 66.7 Å². The summed E-state index contributed by atoms with van der Waals surface area (Å²) >= 11 is 0. The Morgan fingerprint density at radius 2 is 1.73 bits per heavy atom. The molecular weight excluding hydrogens is 378 g/mol. The molecule has 154 valence electrons. The fraction of sp³-hybridized carbons (Fsp3) is 0.333. The fourth-order valence-electron chi connectivity index (χ4n) is 4.45. The molecule has 5 rings (SSSR count). The second-order valence-corrected chi connectivity index (χ2v) is 8.24. The molecule has 1 aliphatic heterocycles. The summed E-state index contributed by atoms with van der Waals surface area (Å²) < 4.78 is 11.3. The first kappa shape index (κ1) is 18.7. The van der Waals surface area contributed by atoms with Gasteiger partial charge in [-0.15, -0.1) is 0 Å². The number of aromatic nitrogens is 1. The minimum absolute atomic E-state index is 0.229. The molecule has 1 aromatic heterocycles. The molecular formula is C24H25N3O3. The molecule has 1 saturated heterocycles. The van der Waals surface area contributed by atoms with Gasteiger partial charge in [-0.2, -0.15) is 0 Å². The highest BCUT2D eigenvalue weighted by Gasteiger charge is 2.47. The Morgan fingerprint density at radius 3 is 2.47 bits per heavy atom. The molecule has 0 radical (unpaired) electrons. The molecule has 0 bridgehead atoms. The maximum absolute atomic E-state index is 12.4. The average molecular weight is 403 g/mol. The van der Waals surface area contributed by atoms with Gasteiger partial charge in [0.25, 0.3) is 0 Å². The summed E-state index contributed by atoms with van der Waals surface area (Å²) in [6.07, 6.45) is 3.58. The lowest BCUT2D eigenvalue weighted by atomic mass is 9.78.